The summed E-state index contributed by atoms with van der Waals surface area (Å²) in [5, 5.41) is 1.99. The fourth-order valence-corrected chi connectivity index (χ4v) is 14.4. The van der Waals surface area contributed by atoms with Gasteiger partial charge >= 0.3 is 11.9 Å². The Morgan fingerprint density at radius 3 is 1.64 bits per heavy atom. The second-order valence-corrected chi connectivity index (χ2v) is 17.0. The van der Waals surface area contributed by atoms with Gasteiger partial charge in [0.25, 0.3) is 0 Å². The molecule has 0 radical (unpaired) electrons. The number of methoxy groups -OCH3 is 4. The molecule has 0 spiro atoms. The van der Waals surface area contributed by atoms with Crippen LogP contribution in [0.2, 0.25) is 0 Å². The molecule has 9 aliphatic rings. The van der Waals surface area contributed by atoms with Gasteiger partial charge in [0.15, 0.2) is 11.2 Å². The maximum Gasteiger partial charge on any atom is 0.338 e. The molecule has 3 heterocycles. The highest BCUT2D eigenvalue weighted by Crippen LogP contribution is 2.85. The summed E-state index contributed by atoms with van der Waals surface area (Å²) in [4.78, 5) is 31.8. The highest BCUT2D eigenvalue weighted by Gasteiger charge is 2.92. The lowest BCUT2D eigenvalue weighted by molar-refractivity contribution is -0.209. The first-order chi connectivity index (χ1) is 24.3. The topological polar surface area (TPSA) is 83.5 Å². The van der Waals surface area contributed by atoms with Crippen LogP contribution in [0.5, 0.6) is 11.5 Å². The molecule has 12 rings (SSSR count). The van der Waals surface area contributed by atoms with Crippen LogP contribution in [0.3, 0.4) is 0 Å². The maximum atomic E-state index is 14.6. The molecule has 9 heteroatoms. The van der Waals surface area contributed by atoms with Gasteiger partial charge in [-0.1, -0.05) is 52.3 Å². The van der Waals surface area contributed by atoms with E-state index in [1.54, 1.807) is 14.2 Å². The predicted octanol–water partition coefficient (Wildman–Crippen LogP) is 6.35. The third-order valence-corrected chi connectivity index (χ3v) is 15.7. The lowest BCUT2D eigenvalue weighted by atomic mass is 9.32. The van der Waals surface area contributed by atoms with E-state index in [4.69, 9.17) is 23.7 Å². The van der Waals surface area contributed by atoms with Crippen molar-refractivity contribution in [2.45, 2.75) is 29.5 Å². The molecule has 258 valence electrons. The van der Waals surface area contributed by atoms with Crippen molar-refractivity contribution in [1.29, 1.82) is 0 Å². The SMILES string of the molecule is COC(=O)[C@@]12O[C@@](C(=O)OC)([C@H]3[C@@H]4[C@@H]5C=C[C@@H]([C@H]6CN(c7ccc(Br)cc7)C[C@@H]56)[C@@H]4[C@H]31)[C@H]1[C@@H]2[C@H]2C[C@@H]1c1c2c(OC)c2ccccc2c1OC. The van der Waals surface area contributed by atoms with E-state index in [0.717, 1.165) is 57.4 Å². The average molecular weight is 739 g/mol. The minimum Gasteiger partial charge on any atom is -0.496 e. The smallest absolute Gasteiger partial charge is 0.338 e. The van der Waals surface area contributed by atoms with Gasteiger partial charge in [-0.25, -0.2) is 9.59 Å². The van der Waals surface area contributed by atoms with E-state index in [-0.39, 0.29) is 59.3 Å². The number of fused-ring (bicyclic) bond motifs is 16. The molecule has 50 heavy (non-hydrogen) atoms. The Balaban J connectivity index is 1.09. The molecule has 8 nitrogen and oxygen atoms in total. The van der Waals surface area contributed by atoms with Crippen molar-refractivity contribution >= 4 is 44.3 Å². The fourth-order valence-electron chi connectivity index (χ4n) is 14.1. The molecule has 0 aromatic heterocycles. The Morgan fingerprint density at radius 2 is 1.20 bits per heavy atom. The molecular formula is C41H40BrNO7. The predicted molar refractivity (Wildman–Crippen MR) is 188 cm³/mol. The molecule has 3 saturated heterocycles. The molecule has 0 unspecified atom stereocenters. The van der Waals surface area contributed by atoms with Crippen LogP contribution in [0.15, 0.2) is 65.2 Å². The highest BCUT2D eigenvalue weighted by molar-refractivity contribution is 9.10. The number of halogens is 1. The molecule has 6 fully saturated rings. The maximum absolute atomic E-state index is 14.6. The third kappa shape index (κ3) is 3.10. The van der Waals surface area contributed by atoms with Gasteiger partial charge in [-0.2, -0.15) is 0 Å². The number of carbonyl (C=O) groups is 2. The van der Waals surface area contributed by atoms with Crippen molar-refractivity contribution in [3.63, 3.8) is 0 Å². The molecule has 6 aliphatic carbocycles. The van der Waals surface area contributed by atoms with E-state index in [0.29, 0.717) is 23.7 Å². The first-order valence-electron chi connectivity index (χ1n) is 18.1. The molecule has 3 aromatic rings. The number of hydrogen-bond acceptors (Lipinski definition) is 8. The zero-order chi connectivity index (χ0) is 34.0. The van der Waals surface area contributed by atoms with Crippen LogP contribution in [0.4, 0.5) is 5.69 Å². The number of rotatable bonds is 5. The van der Waals surface area contributed by atoms with Crippen LogP contribution in [-0.4, -0.2) is 64.7 Å². The molecule has 6 bridgehead atoms. The van der Waals surface area contributed by atoms with Gasteiger partial charge < -0.3 is 28.6 Å². The van der Waals surface area contributed by atoms with E-state index in [9.17, 15) is 9.59 Å². The second kappa shape index (κ2) is 9.85. The Labute approximate surface area is 299 Å². The lowest BCUT2D eigenvalue weighted by Gasteiger charge is -2.68. The minimum absolute atomic E-state index is 0.0532. The number of allylic oxidation sites excluding steroid dienone is 2. The van der Waals surface area contributed by atoms with Crippen molar-refractivity contribution in [2.24, 2.45) is 59.2 Å². The summed E-state index contributed by atoms with van der Waals surface area (Å²) in [6, 6.07) is 16.8. The fraction of sp³-hybridized carbons (Fsp3) is 0.512. The second-order valence-electron chi connectivity index (χ2n) is 16.1. The first-order valence-corrected chi connectivity index (χ1v) is 18.9. The number of benzene rings is 3. The minimum atomic E-state index is -1.24. The molecular weight excluding hydrogens is 698 g/mol. The molecule has 3 saturated carbocycles. The van der Waals surface area contributed by atoms with Crippen molar-refractivity contribution in [1.82, 2.24) is 0 Å². The van der Waals surface area contributed by atoms with Gasteiger partial charge in [-0.3, -0.25) is 0 Å². The third-order valence-electron chi connectivity index (χ3n) is 15.1. The summed E-state index contributed by atoms with van der Waals surface area (Å²) in [5.74, 6) is 2.19. The quantitative estimate of drug-likeness (QED) is 0.222. The van der Waals surface area contributed by atoms with Gasteiger partial charge in [0.1, 0.15) is 11.5 Å². The highest BCUT2D eigenvalue weighted by atomic mass is 79.9. The number of anilines is 1. The van der Waals surface area contributed by atoms with Gasteiger partial charge in [0.05, 0.1) is 28.4 Å². The zero-order valence-electron chi connectivity index (χ0n) is 28.5. The average Bonchev–Trinajstić information content (AvgIpc) is 3.94. The van der Waals surface area contributed by atoms with Crippen molar-refractivity contribution in [3.8, 4) is 11.5 Å². The van der Waals surface area contributed by atoms with Crippen LogP contribution in [0, 0.1) is 59.2 Å². The summed E-state index contributed by atoms with van der Waals surface area (Å²) in [6.07, 6.45) is 5.70. The number of ether oxygens (including phenoxy) is 5. The standard InChI is InChI=1S/C41H40BrNO7/c1-46-36-22-7-5-6-8-23(22)37(47-2)31-25-15-24(30(31)36)32-33(25)41(39(45)49-4)35-29-21-14-13-20(28(29)34(35)40(32,50-41)38(44)48-3)26-16-43(17-27(21)26)19-11-9-18(42)10-12-19/h5-14,20-21,24-29,32-35H,15-17H2,1-4H3/t20-,21+,24-,25+,26+,27-,28-,29+,32-,33+,34+,35-,40-,41+. The van der Waals surface area contributed by atoms with Gasteiger partial charge in [-0.05, 0) is 78.0 Å². The Bertz CT molecular complexity index is 1930. The first kappa shape index (κ1) is 30.1. The summed E-state index contributed by atoms with van der Waals surface area (Å²) >= 11 is 3.60. The van der Waals surface area contributed by atoms with Crippen molar-refractivity contribution < 1.29 is 33.3 Å². The van der Waals surface area contributed by atoms with Crippen LogP contribution in [0.1, 0.15) is 29.4 Å². The van der Waals surface area contributed by atoms with Gasteiger partial charge in [0.2, 0.25) is 0 Å². The number of esters is 2. The molecule has 0 N–H and O–H groups in total. The lowest BCUT2D eigenvalue weighted by Crippen LogP contribution is -2.74. The molecule has 0 amide bonds. The van der Waals surface area contributed by atoms with Crippen LogP contribution in [-0.2, 0) is 23.8 Å². The summed E-state index contributed by atoms with van der Waals surface area (Å²) in [6.45, 7) is 1.97. The van der Waals surface area contributed by atoms with E-state index < -0.39 is 11.2 Å². The van der Waals surface area contributed by atoms with E-state index in [2.05, 4.69) is 69.4 Å². The normalized spacial score (nSPS) is 42.8. The number of hydrogen-bond donors (Lipinski definition) is 0. The molecule has 3 aromatic carbocycles. The molecule has 14 atom stereocenters. The van der Waals surface area contributed by atoms with Gasteiger partial charge in [-0.15, -0.1) is 0 Å². The Kier molecular flexibility index (Phi) is 5.93. The number of carbonyl (C=O) groups excluding carboxylic acids is 2. The largest absolute Gasteiger partial charge is 0.496 e. The van der Waals surface area contributed by atoms with Crippen LogP contribution >= 0.6 is 15.9 Å². The summed E-state index contributed by atoms with van der Waals surface area (Å²) < 4.78 is 32.4. The van der Waals surface area contributed by atoms with Gasteiger partial charge in [0, 0.05) is 68.8 Å². The summed E-state index contributed by atoms with van der Waals surface area (Å²) in [7, 11) is 6.42. The Morgan fingerprint density at radius 1 is 0.720 bits per heavy atom. The van der Waals surface area contributed by atoms with E-state index >= 15 is 0 Å². The van der Waals surface area contributed by atoms with Crippen molar-refractivity contribution in [3.05, 3.63) is 76.3 Å². The zero-order valence-corrected chi connectivity index (χ0v) is 30.1. The van der Waals surface area contributed by atoms with Crippen molar-refractivity contribution in [2.75, 3.05) is 46.4 Å². The van der Waals surface area contributed by atoms with E-state index in [1.165, 1.54) is 19.9 Å². The number of nitrogens with zero attached hydrogens (tertiary/aromatic N) is 1. The van der Waals surface area contributed by atoms with Crippen LogP contribution in [0.25, 0.3) is 10.8 Å². The summed E-state index contributed by atoms with van der Waals surface area (Å²) in [5.41, 5.74) is 0.963. The van der Waals surface area contributed by atoms with Crippen LogP contribution < -0.4 is 14.4 Å². The monoisotopic (exact) mass is 737 g/mol. The Hall–Kier alpha value is -3.56. The van der Waals surface area contributed by atoms with E-state index in [1.807, 2.05) is 12.1 Å². The molecule has 3 aliphatic heterocycles.